The maximum absolute atomic E-state index is 11.9. The molecule has 0 aliphatic heterocycles. The topological polar surface area (TPSA) is 81.9 Å². The number of halogens is 2. The monoisotopic (exact) mass is 338 g/mol. The summed E-state index contributed by atoms with van der Waals surface area (Å²) in [5, 5.41) is 23.7. The lowest BCUT2D eigenvalue weighted by atomic mass is 10.1. The molecule has 114 valence electrons. The molecule has 0 fully saturated rings. The molecule has 0 atom stereocenters. The van der Waals surface area contributed by atoms with E-state index in [1.165, 1.54) is 24.4 Å². The summed E-state index contributed by atoms with van der Waals surface area (Å²) in [6.45, 7) is 1.68. The molecule has 7 heteroatoms. The van der Waals surface area contributed by atoms with E-state index in [1.54, 1.807) is 19.1 Å². The van der Waals surface area contributed by atoms with Crippen LogP contribution >= 0.6 is 23.2 Å². The van der Waals surface area contributed by atoms with E-state index in [0.717, 1.165) is 0 Å². The van der Waals surface area contributed by atoms with Crippen molar-refractivity contribution < 1.29 is 15.0 Å². The number of amides is 1. The van der Waals surface area contributed by atoms with Crippen LogP contribution in [0.1, 0.15) is 21.5 Å². The van der Waals surface area contributed by atoms with Crippen LogP contribution in [0, 0.1) is 6.92 Å². The summed E-state index contributed by atoms with van der Waals surface area (Å²) in [6.07, 6.45) is 1.21. The number of nitrogens with one attached hydrogen (secondary N) is 1. The van der Waals surface area contributed by atoms with Crippen LogP contribution in [0.15, 0.2) is 35.4 Å². The molecule has 0 aliphatic rings. The largest absolute Gasteiger partial charge is 0.507 e. The van der Waals surface area contributed by atoms with Gasteiger partial charge in [0.05, 0.1) is 16.8 Å². The molecule has 2 aromatic carbocycles. The molecule has 0 radical (unpaired) electrons. The summed E-state index contributed by atoms with van der Waals surface area (Å²) in [5.41, 5.74) is 3.19. The SMILES string of the molecule is Cc1cccc(C(=O)N/N=C/c2cc(Cl)cc(Cl)c2O)c1O. The fourth-order valence-electron chi connectivity index (χ4n) is 1.75. The Hall–Kier alpha value is -2.24. The predicted octanol–water partition coefficient (Wildman–Crippen LogP) is 3.48. The van der Waals surface area contributed by atoms with Gasteiger partial charge in [0.2, 0.25) is 0 Å². The Morgan fingerprint density at radius 2 is 1.95 bits per heavy atom. The van der Waals surface area contributed by atoms with Crippen LogP contribution < -0.4 is 5.43 Å². The van der Waals surface area contributed by atoms with Crippen molar-refractivity contribution in [1.29, 1.82) is 0 Å². The van der Waals surface area contributed by atoms with Gasteiger partial charge in [0.25, 0.3) is 5.91 Å². The average molecular weight is 339 g/mol. The fraction of sp³-hybridized carbons (Fsp3) is 0.0667. The molecule has 0 unspecified atom stereocenters. The van der Waals surface area contributed by atoms with E-state index >= 15 is 0 Å². The lowest BCUT2D eigenvalue weighted by Crippen LogP contribution is -2.17. The van der Waals surface area contributed by atoms with E-state index < -0.39 is 5.91 Å². The van der Waals surface area contributed by atoms with Gasteiger partial charge in [0.1, 0.15) is 11.5 Å². The Bertz CT molecular complexity index is 761. The zero-order chi connectivity index (χ0) is 16.3. The highest BCUT2D eigenvalue weighted by molar-refractivity contribution is 6.36. The van der Waals surface area contributed by atoms with Gasteiger partial charge in [-0.1, -0.05) is 35.3 Å². The molecule has 0 heterocycles. The molecule has 2 aromatic rings. The van der Waals surface area contributed by atoms with Gasteiger partial charge in [-0.05, 0) is 30.7 Å². The van der Waals surface area contributed by atoms with E-state index in [2.05, 4.69) is 10.5 Å². The number of rotatable bonds is 3. The lowest BCUT2D eigenvalue weighted by molar-refractivity contribution is 0.0952. The molecule has 0 saturated carbocycles. The van der Waals surface area contributed by atoms with Gasteiger partial charge in [0.15, 0.2) is 0 Å². The first-order valence-corrected chi connectivity index (χ1v) is 6.95. The van der Waals surface area contributed by atoms with Gasteiger partial charge in [-0.3, -0.25) is 4.79 Å². The second-order valence-corrected chi connectivity index (χ2v) is 5.34. The number of phenols is 2. The zero-order valence-corrected chi connectivity index (χ0v) is 13.0. The van der Waals surface area contributed by atoms with Crippen molar-refractivity contribution in [1.82, 2.24) is 5.43 Å². The Balaban J connectivity index is 2.16. The first-order valence-electron chi connectivity index (χ1n) is 6.20. The number of hydrazone groups is 1. The smallest absolute Gasteiger partial charge is 0.275 e. The first kappa shape index (κ1) is 16.1. The van der Waals surface area contributed by atoms with Gasteiger partial charge < -0.3 is 10.2 Å². The van der Waals surface area contributed by atoms with Crippen molar-refractivity contribution in [2.24, 2.45) is 5.10 Å². The maximum Gasteiger partial charge on any atom is 0.275 e. The summed E-state index contributed by atoms with van der Waals surface area (Å²) in [6, 6.07) is 7.64. The number of aromatic hydroxyl groups is 2. The molecular formula is C15H12Cl2N2O3. The van der Waals surface area contributed by atoms with E-state index in [-0.39, 0.29) is 27.6 Å². The van der Waals surface area contributed by atoms with Crippen LogP contribution in [-0.4, -0.2) is 22.3 Å². The van der Waals surface area contributed by atoms with Crippen molar-refractivity contribution in [2.75, 3.05) is 0 Å². The van der Waals surface area contributed by atoms with E-state index in [1.807, 2.05) is 0 Å². The van der Waals surface area contributed by atoms with Crippen molar-refractivity contribution in [3.05, 3.63) is 57.1 Å². The normalized spacial score (nSPS) is 10.9. The minimum Gasteiger partial charge on any atom is -0.507 e. The molecular weight excluding hydrogens is 327 g/mol. The molecule has 5 nitrogen and oxygen atoms in total. The van der Waals surface area contributed by atoms with Crippen LogP contribution in [0.4, 0.5) is 0 Å². The van der Waals surface area contributed by atoms with Gasteiger partial charge in [0, 0.05) is 10.6 Å². The molecule has 22 heavy (non-hydrogen) atoms. The highest BCUT2D eigenvalue weighted by Crippen LogP contribution is 2.30. The summed E-state index contributed by atoms with van der Waals surface area (Å²) in [7, 11) is 0. The maximum atomic E-state index is 11.9. The van der Waals surface area contributed by atoms with Crippen molar-refractivity contribution in [3.8, 4) is 11.5 Å². The third-order valence-electron chi connectivity index (χ3n) is 2.91. The standard InChI is InChI=1S/C15H12Cl2N2O3/c1-8-3-2-4-11(13(8)20)15(22)19-18-7-9-5-10(16)6-12(17)14(9)21/h2-7,20-21H,1H3,(H,19,22)/b18-7+. The number of carbonyl (C=O) groups is 1. The second-order valence-electron chi connectivity index (χ2n) is 4.50. The Kier molecular flexibility index (Phi) is 4.90. The van der Waals surface area contributed by atoms with Gasteiger partial charge in [-0.25, -0.2) is 5.43 Å². The van der Waals surface area contributed by atoms with E-state index in [4.69, 9.17) is 23.2 Å². The van der Waals surface area contributed by atoms with E-state index in [9.17, 15) is 15.0 Å². The van der Waals surface area contributed by atoms with E-state index in [0.29, 0.717) is 10.6 Å². The van der Waals surface area contributed by atoms with Gasteiger partial charge >= 0.3 is 0 Å². The average Bonchev–Trinajstić information content (AvgIpc) is 2.46. The summed E-state index contributed by atoms with van der Waals surface area (Å²) in [4.78, 5) is 11.9. The summed E-state index contributed by atoms with van der Waals surface area (Å²) < 4.78 is 0. The number of carbonyl (C=O) groups excluding carboxylic acids is 1. The molecule has 0 bridgehead atoms. The number of para-hydroxylation sites is 1. The number of hydrogen-bond donors (Lipinski definition) is 3. The lowest BCUT2D eigenvalue weighted by Gasteiger charge is -2.05. The highest BCUT2D eigenvalue weighted by atomic mass is 35.5. The zero-order valence-electron chi connectivity index (χ0n) is 11.5. The van der Waals surface area contributed by atoms with Crippen molar-refractivity contribution in [2.45, 2.75) is 6.92 Å². The van der Waals surface area contributed by atoms with Gasteiger partial charge in [-0.2, -0.15) is 5.10 Å². The molecule has 0 aromatic heterocycles. The minimum atomic E-state index is -0.579. The molecule has 0 aliphatic carbocycles. The van der Waals surface area contributed by atoms with Crippen molar-refractivity contribution >= 4 is 35.3 Å². The van der Waals surface area contributed by atoms with Crippen LogP contribution in [-0.2, 0) is 0 Å². The number of phenolic OH excluding ortho intramolecular Hbond substituents is 2. The minimum absolute atomic E-state index is 0.0802. The third kappa shape index (κ3) is 3.50. The number of hydrogen-bond acceptors (Lipinski definition) is 4. The van der Waals surface area contributed by atoms with Crippen LogP contribution in [0.3, 0.4) is 0 Å². The van der Waals surface area contributed by atoms with Crippen LogP contribution in [0.5, 0.6) is 11.5 Å². The third-order valence-corrected chi connectivity index (χ3v) is 3.42. The molecule has 2 rings (SSSR count). The van der Waals surface area contributed by atoms with Crippen LogP contribution in [0.2, 0.25) is 10.0 Å². The Morgan fingerprint density at radius 1 is 1.23 bits per heavy atom. The first-order chi connectivity index (χ1) is 10.4. The molecule has 0 spiro atoms. The summed E-state index contributed by atoms with van der Waals surface area (Å²) >= 11 is 11.6. The molecule has 1 amide bonds. The highest BCUT2D eigenvalue weighted by Gasteiger charge is 2.11. The Labute approximate surface area is 136 Å². The quantitative estimate of drug-likeness (QED) is 0.591. The number of benzene rings is 2. The molecule has 0 saturated heterocycles. The second kappa shape index (κ2) is 6.68. The predicted molar refractivity (Wildman–Crippen MR) is 86.0 cm³/mol. The van der Waals surface area contributed by atoms with Crippen molar-refractivity contribution in [3.63, 3.8) is 0 Å². The molecule has 3 N–H and O–H groups in total. The van der Waals surface area contributed by atoms with Crippen LogP contribution in [0.25, 0.3) is 0 Å². The Morgan fingerprint density at radius 3 is 2.68 bits per heavy atom. The van der Waals surface area contributed by atoms with Gasteiger partial charge in [-0.15, -0.1) is 0 Å². The summed E-state index contributed by atoms with van der Waals surface area (Å²) in [5.74, 6) is -0.878. The number of aryl methyl sites for hydroxylation is 1. The fourth-order valence-corrected chi connectivity index (χ4v) is 2.26. The number of nitrogens with zero attached hydrogens (tertiary/aromatic N) is 1.